The third-order valence-corrected chi connectivity index (χ3v) is 8.66. The molecule has 3 aromatic heterocycles. The average Bonchev–Trinajstić information content (AvgIpc) is 3.60. The highest BCUT2D eigenvalue weighted by molar-refractivity contribution is 6.07. The fourth-order valence-electron chi connectivity index (χ4n) is 6.03. The van der Waals surface area contributed by atoms with Crippen LogP contribution >= 0.6 is 0 Å². The number of methoxy groups -OCH3 is 1. The van der Waals surface area contributed by atoms with E-state index in [4.69, 9.17) is 4.74 Å². The molecule has 11 nitrogen and oxygen atoms in total. The van der Waals surface area contributed by atoms with E-state index in [1.54, 1.807) is 35.4 Å². The summed E-state index contributed by atoms with van der Waals surface area (Å²) in [7, 11) is 1.50. The van der Waals surface area contributed by atoms with Crippen molar-refractivity contribution in [2.75, 3.05) is 38.2 Å². The Balaban J connectivity index is 1.17. The fraction of sp³-hybridized carbons (Fsp3) is 0.167. The van der Waals surface area contributed by atoms with Crippen LogP contribution in [0, 0.1) is 5.82 Å². The fourth-order valence-corrected chi connectivity index (χ4v) is 6.03. The highest BCUT2D eigenvalue weighted by Gasteiger charge is 2.36. The Morgan fingerprint density at radius 3 is 2.33 bits per heavy atom. The molecule has 0 aliphatic carbocycles. The minimum atomic E-state index is -4.76. The van der Waals surface area contributed by atoms with Gasteiger partial charge in [0.15, 0.2) is 11.3 Å². The van der Waals surface area contributed by atoms with Gasteiger partial charge in [-0.2, -0.15) is 13.2 Å². The lowest BCUT2D eigenvalue weighted by molar-refractivity contribution is -0.137. The predicted molar refractivity (Wildman–Crippen MR) is 180 cm³/mol. The number of hydrogen-bond acceptors (Lipinski definition) is 8. The number of nitrogens with one attached hydrogen (secondary N) is 1. The summed E-state index contributed by atoms with van der Waals surface area (Å²) in [6, 6.07) is 17.4. The zero-order chi connectivity index (χ0) is 35.9. The third kappa shape index (κ3) is 6.52. The number of allylic oxidation sites excluding steroid dienone is 1. The summed E-state index contributed by atoms with van der Waals surface area (Å²) in [5, 5.41) is 8.62. The van der Waals surface area contributed by atoms with Crippen molar-refractivity contribution in [1.82, 2.24) is 29.9 Å². The van der Waals surface area contributed by atoms with E-state index >= 15 is 0 Å². The van der Waals surface area contributed by atoms with Gasteiger partial charge in [0.25, 0.3) is 5.56 Å². The van der Waals surface area contributed by atoms with Crippen molar-refractivity contribution in [3.05, 3.63) is 118 Å². The number of hydrogen-bond donors (Lipinski definition) is 1. The second-order valence-corrected chi connectivity index (χ2v) is 11.7. The minimum absolute atomic E-state index is 0.0423. The van der Waals surface area contributed by atoms with Gasteiger partial charge in [0.1, 0.15) is 11.3 Å². The zero-order valence-corrected chi connectivity index (χ0v) is 26.8. The lowest BCUT2D eigenvalue weighted by Crippen LogP contribution is -2.48. The number of ketones is 1. The van der Waals surface area contributed by atoms with Crippen molar-refractivity contribution in [2.45, 2.75) is 6.18 Å². The SMILES string of the molecule is COc1ccc(-c2ccc3[nH]c(=O)c4nnn(-c5ccc(N6CCN(C(=O)/C=C/C(=O)c7ccc(F)cc7)CC6)c(C(F)(F)F)c5)c4c3c2)cn1. The van der Waals surface area contributed by atoms with E-state index < -0.39 is 34.8 Å². The van der Waals surface area contributed by atoms with E-state index in [1.807, 2.05) is 6.07 Å². The normalized spacial score (nSPS) is 13.7. The molecule has 1 fully saturated rings. The van der Waals surface area contributed by atoms with E-state index in [0.29, 0.717) is 16.8 Å². The molecule has 1 saturated heterocycles. The maximum Gasteiger partial charge on any atom is 0.418 e. The molecule has 51 heavy (non-hydrogen) atoms. The van der Waals surface area contributed by atoms with Gasteiger partial charge in [0, 0.05) is 66.7 Å². The number of amides is 1. The number of alkyl halides is 3. The van der Waals surface area contributed by atoms with Crippen LogP contribution in [0.3, 0.4) is 0 Å². The van der Waals surface area contributed by atoms with Gasteiger partial charge in [-0.25, -0.2) is 14.1 Å². The molecule has 0 atom stereocenters. The number of aromatic amines is 1. The Hall–Kier alpha value is -6.38. The van der Waals surface area contributed by atoms with Crippen LogP contribution in [0.4, 0.5) is 23.2 Å². The number of H-pyrrole nitrogens is 1. The Morgan fingerprint density at radius 2 is 1.65 bits per heavy atom. The molecule has 4 heterocycles. The van der Waals surface area contributed by atoms with E-state index in [0.717, 1.165) is 41.5 Å². The first-order chi connectivity index (χ1) is 24.5. The number of fused-ring (bicyclic) bond motifs is 3. The van der Waals surface area contributed by atoms with Crippen LogP contribution in [0.25, 0.3) is 38.8 Å². The molecule has 0 unspecified atom stereocenters. The van der Waals surface area contributed by atoms with Crippen molar-refractivity contribution in [3.8, 4) is 22.7 Å². The Bertz CT molecular complexity index is 2380. The number of rotatable bonds is 7. The summed E-state index contributed by atoms with van der Waals surface area (Å²) in [5.74, 6) is -1.02. The summed E-state index contributed by atoms with van der Waals surface area (Å²) in [6.45, 7) is 0.426. The number of halogens is 4. The van der Waals surface area contributed by atoms with E-state index in [1.165, 1.54) is 41.0 Å². The number of piperazine rings is 1. The first kappa shape index (κ1) is 33.1. The minimum Gasteiger partial charge on any atom is -0.481 e. The lowest BCUT2D eigenvalue weighted by atomic mass is 10.0. The first-order valence-corrected chi connectivity index (χ1v) is 15.7. The Labute approximate surface area is 286 Å². The largest absolute Gasteiger partial charge is 0.481 e. The molecule has 6 aromatic rings. The van der Waals surface area contributed by atoms with Gasteiger partial charge in [-0.15, -0.1) is 5.10 Å². The van der Waals surface area contributed by atoms with Crippen LogP contribution in [0.5, 0.6) is 5.88 Å². The van der Waals surface area contributed by atoms with Gasteiger partial charge in [0.05, 0.1) is 23.9 Å². The van der Waals surface area contributed by atoms with Crippen LogP contribution < -0.4 is 15.2 Å². The van der Waals surface area contributed by atoms with Crippen LogP contribution in [0.15, 0.2) is 95.9 Å². The molecule has 15 heteroatoms. The molecule has 1 aliphatic rings. The average molecular weight is 698 g/mol. The molecule has 0 saturated carbocycles. The van der Waals surface area contributed by atoms with Crippen LogP contribution in [0.1, 0.15) is 15.9 Å². The number of pyridine rings is 2. The van der Waals surface area contributed by atoms with Gasteiger partial charge in [-0.3, -0.25) is 14.4 Å². The maximum absolute atomic E-state index is 14.6. The molecular formula is C36H27F4N7O4. The quantitative estimate of drug-likeness (QED) is 0.130. The van der Waals surface area contributed by atoms with Gasteiger partial charge in [-0.1, -0.05) is 11.3 Å². The van der Waals surface area contributed by atoms with Gasteiger partial charge in [-0.05, 0) is 72.3 Å². The summed E-state index contributed by atoms with van der Waals surface area (Å²) in [4.78, 5) is 48.0. The standard InChI is InChI=1S/C36H27F4N7O4/c1-51-31-12-5-23(20-41-31)22-4-9-28-26(18-22)34-33(35(50)42-28)43-44-47(34)25-8-10-29(27(19-25)36(38,39)40)45-14-16-46(17-15-45)32(49)13-11-30(48)21-2-6-24(37)7-3-21/h2-13,18-20H,14-17H2,1H3,(H,42,50)/b13-11+. The summed E-state index contributed by atoms with van der Waals surface area (Å²) >= 11 is 0. The van der Waals surface area contributed by atoms with Crippen LogP contribution in [-0.4, -0.2) is 74.8 Å². The number of carbonyl (C=O) groups excluding carboxylic acids is 2. The molecule has 0 radical (unpaired) electrons. The van der Waals surface area contributed by atoms with Crippen molar-refractivity contribution >= 4 is 39.3 Å². The molecular weight excluding hydrogens is 670 g/mol. The number of benzene rings is 3. The molecule has 3 aromatic carbocycles. The number of anilines is 1. The summed E-state index contributed by atoms with van der Waals surface area (Å²) < 4.78 is 63.4. The summed E-state index contributed by atoms with van der Waals surface area (Å²) in [6.07, 6.45) is -0.946. The van der Waals surface area contributed by atoms with Crippen molar-refractivity contribution in [3.63, 3.8) is 0 Å². The molecule has 1 aliphatic heterocycles. The monoisotopic (exact) mass is 697 g/mol. The second-order valence-electron chi connectivity index (χ2n) is 11.7. The Morgan fingerprint density at radius 1 is 0.902 bits per heavy atom. The molecule has 0 bridgehead atoms. The van der Waals surface area contributed by atoms with Gasteiger partial charge in [0.2, 0.25) is 11.8 Å². The molecule has 258 valence electrons. The molecule has 0 spiro atoms. The van der Waals surface area contributed by atoms with E-state index in [-0.39, 0.29) is 54.2 Å². The van der Waals surface area contributed by atoms with Gasteiger partial charge < -0.3 is 19.5 Å². The second kappa shape index (κ2) is 13.2. The van der Waals surface area contributed by atoms with E-state index in [2.05, 4.69) is 20.3 Å². The lowest BCUT2D eigenvalue weighted by Gasteiger charge is -2.37. The molecule has 7 rings (SSSR count). The Kier molecular flexibility index (Phi) is 8.54. The number of nitrogens with zero attached hydrogens (tertiary/aromatic N) is 6. The van der Waals surface area contributed by atoms with Crippen molar-refractivity contribution in [2.24, 2.45) is 0 Å². The van der Waals surface area contributed by atoms with Gasteiger partial charge >= 0.3 is 6.18 Å². The van der Waals surface area contributed by atoms with Crippen molar-refractivity contribution in [1.29, 1.82) is 0 Å². The zero-order valence-electron chi connectivity index (χ0n) is 26.8. The maximum atomic E-state index is 14.6. The first-order valence-electron chi connectivity index (χ1n) is 15.7. The number of aromatic nitrogens is 5. The van der Waals surface area contributed by atoms with E-state index in [9.17, 15) is 31.9 Å². The highest BCUT2D eigenvalue weighted by Crippen LogP contribution is 2.39. The molecule has 1 N–H and O–H groups in total. The molecule has 1 amide bonds. The predicted octanol–water partition coefficient (Wildman–Crippen LogP) is 5.58. The van der Waals surface area contributed by atoms with Crippen LogP contribution in [-0.2, 0) is 11.0 Å². The number of ether oxygens (including phenoxy) is 1. The van der Waals surface area contributed by atoms with Crippen LogP contribution in [0.2, 0.25) is 0 Å². The topological polar surface area (TPSA) is 126 Å². The highest BCUT2D eigenvalue weighted by atomic mass is 19.4. The number of carbonyl (C=O) groups is 2. The summed E-state index contributed by atoms with van der Waals surface area (Å²) in [5.41, 5.74) is 0.816. The van der Waals surface area contributed by atoms with Crippen molar-refractivity contribution < 1.29 is 31.9 Å². The smallest absolute Gasteiger partial charge is 0.418 e. The third-order valence-electron chi connectivity index (χ3n) is 8.66.